The van der Waals surface area contributed by atoms with Gasteiger partial charge in [-0.3, -0.25) is 19.7 Å². The Morgan fingerprint density at radius 1 is 1.29 bits per heavy atom. The second-order valence-corrected chi connectivity index (χ2v) is 4.98. The third-order valence-electron chi connectivity index (χ3n) is 3.03. The van der Waals surface area contributed by atoms with E-state index in [1.807, 2.05) is 0 Å². The van der Waals surface area contributed by atoms with Gasteiger partial charge in [-0.2, -0.15) is 0 Å². The zero-order chi connectivity index (χ0) is 18.3. The molecule has 0 unspecified atom stereocenters. The first-order chi connectivity index (χ1) is 11.3. The van der Waals surface area contributed by atoms with Gasteiger partial charge in [0.15, 0.2) is 6.10 Å². The van der Waals surface area contributed by atoms with Crippen LogP contribution in [0.25, 0.3) is 0 Å². The SMILES string of the molecule is CCNC(=O)[C@H](C)OC(=O)[C@H](C)NC(=O)c1cccc([N+](=O)[O-])c1. The molecule has 1 rings (SSSR count). The molecule has 0 fully saturated rings. The minimum absolute atomic E-state index is 0.0422. The normalized spacial score (nSPS) is 12.6. The summed E-state index contributed by atoms with van der Waals surface area (Å²) >= 11 is 0. The number of carbonyl (C=O) groups excluding carboxylic acids is 3. The largest absolute Gasteiger partial charge is 0.451 e. The maximum atomic E-state index is 12.0. The molecule has 9 heteroatoms. The van der Waals surface area contributed by atoms with Crippen molar-refractivity contribution in [3.05, 3.63) is 39.9 Å². The lowest BCUT2D eigenvalue weighted by Crippen LogP contribution is -2.43. The molecule has 9 nitrogen and oxygen atoms in total. The standard InChI is InChI=1S/C15H19N3O6/c1-4-16-13(19)10(3)24-15(21)9(2)17-14(20)11-6-5-7-12(8-11)18(22)23/h5-10H,4H2,1-3H3,(H,16,19)(H,17,20)/t9-,10-/m0/s1. The van der Waals surface area contributed by atoms with E-state index in [0.29, 0.717) is 6.54 Å². The molecule has 0 spiro atoms. The summed E-state index contributed by atoms with van der Waals surface area (Å²) in [6.07, 6.45) is -0.991. The molecule has 2 N–H and O–H groups in total. The Morgan fingerprint density at radius 2 is 1.96 bits per heavy atom. The highest BCUT2D eigenvalue weighted by Gasteiger charge is 2.23. The Bertz CT molecular complexity index is 646. The molecule has 0 heterocycles. The molecular weight excluding hydrogens is 318 g/mol. The average molecular weight is 337 g/mol. The van der Waals surface area contributed by atoms with Gasteiger partial charge in [0.25, 0.3) is 17.5 Å². The van der Waals surface area contributed by atoms with Gasteiger partial charge in [0.2, 0.25) is 0 Å². The van der Waals surface area contributed by atoms with Crippen LogP contribution in [0, 0.1) is 10.1 Å². The molecule has 2 amide bonds. The molecule has 1 aromatic rings. The lowest BCUT2D eigenvalue weighted by molar-refractivity contribution is -0.384. The van der Waals surface area contributed by atoms with Crippen molar-refractivity contribution in [3.63, 3.8) is 0 Å². The number of rotatable bonds is 7. The summed E-state index contributed by atoms with van der Waals surface area (Å²) in [5, 5.41) is 15.6. The highest BCUT2D eigenvalue weighted by Crippen LogP contribution is 2.13. The minimum atomic E-state index is -1.02. The summed E-state index contributed by atoms with van der Waals surface area (Å²) in [4.78, 5) is 45.5. The fraction of sp³-hybridized carbons (Fsp3) is 0.400. The average Bonchev–Trinajstić information content (AvgIpc) is 2.54. The maximum absolute atomic E-state index is 12.0. The molecule has 0 saturated carbocycles. The van der Waals surface area contributed by atoms with Crippen molar-refractivity contribution in [2.45, 2.75) is 32.9 Å². The Balaban J connectivity index is 2.66. The summed E-state index contributed by atoms with van der Waals surface area (Å²) in [5.74, 6) is -1.88. The van der Waals surface area contributed by atoms with Gasteiger partial charge in [-0.05, 0) is 26.8 Å². The highest BCUT2D eigenvalue weighted by molar-refractivity contribution is 5.97. The van der Waals surface area contributed by atoms with E-state index in [1.54, 1.807) is 6.92 Å². The summed E-state index contributed by atoms with van der Waals surface area (Å²) in [7, 11) is 0. The summed E-state index contributed by atoms with van der Waals surface area (Å²) < 4.78 is 4.95. The van der Waals surface area contributed by atoms with Crippen LogP contribution in [-0.4, -0.2) is 41.4 Å². The zero-order valence-electron chi connectivity index (χ0n) is 13.6. The number of nitro groups is 1. The third kappa shape index (κ3) is 5.34. The van der Waals surface area contributed by atoms with E-state index >= 15 is 0 Å². The van der Waals surface area contributed by atoms with Gasteiger partial charge in [-0.15, -0.1) is 0 Å². The van der Waals surface area contributed by atoms with Crippen molar-refractivity contribution < 1.29 is 24.0 Å². The molecule has 0 aliphatic carbocycles. The molecular formula is C15H19N3O6. The molecule has 0 aliphatic rings. The van der Waals surface area contributed by atoms with Crippen molar-refractivity contribution in [3.8, 4) is 0 Å². The number of amides is 2. The Morgan fingerprint density at radius 3 is 2.54 bits per heavy atom. The molecule has 130 valence electrons. The Hall–Kier alpha value is -2.97. The number of esters is 1. The summed E-state index contributed by atoms with van der Waals surface area (Å²) in [6, 6.07) is 4.09. The van der Waals surface area contributed by atoms with Gasteiger partial charge in [0.1, 0.15) is 6.04 Å². The van der Waals surface area contributed by atoms with Crippen LogP contribution in [0.5, 0.6) is 0 Å². The number of carbonyl (C=O) groups is 3. The van der Waals surface area contributed by atoms with Crippen molar-refractivity contribution in [1.82, 2.24) is 10.6 Å². The molecule has 2 atom stereocenters. The number of hydrogen-bond acceptors (Lipinski definition) is 6. The number of nitrogens with one attached hydrogen (secondary N) is 2. The van der Waals surface area contributed by atoms with Gasteiger partial charge >= 0.3 is 5.97 Å². The van der Waals surface area contributed by atoms with Crippen molar-refractivity contribution >= 4 is 23.5 Å². The van der Waals surface area contributed by atoms with Crippen LogP contribution in [0.3, 0.4) is 0 Å². The first-order valence-corrected chi connectivity index (χ1v) is 7.29. The van der Waals surface area contributed by atoms with Gasteiger partial charge in [0, 0.05) is 24.2 Å². The van der Waals surface area contributed by atoms with E-state index in [4.69, 9.17) is 4.74 Å². The number of nitro benzene ring substituents is 1. The van der Waals surface area contributed by atoms with Gasteiger partial charge in [0.05, 0.1) is 4.92 Å². The molecule has 1 aromatic carbocycles. The fourth-order valence-electron chi connectivity index (χ4n) is 1.75. The quantitative estimate of drug-likeness (QED) is 0.430. The van der Waals surface area contributed by atoms with Crippen molar-refractivity contribution in [2.24, 2.45) is 0 Å². The van der Waals surface area contributed by atoms with Crippen LogP contribution in [0.1, 0.15) is 31.1 Å². The first kappa shape index (κ1) is 19.1. The zero-order valence-corrected chi connectivity index (χ0v) is 13.6. The number of likely N-dealkylation sites (N-methyl/N-ethyl adjacent to an activating group) is 1. The number of benzene rings is 1. The van der Waals surface area contributed by atoms with E-state index in [1.165, 1.54) is 32.0 Å². The molecule has 0 bridgehead atoms. The number of hydrogen-bond donors (Lipinski definition) is 2. The van der Waals surface area contributed by atoms with Crippen LogP contribution < -0.4 is 10.6 Å². The maximum Gasteiger partial charge on any atom is 0.329 e. The van der Waals surface area contributed by atoms with Crippen LogP contribution in [0.4, 0.5) is 5.69 Å². The topological polar surface area (TPSA) is 128 Å². The number of ether oxygens (including phenoxy) is 1. The minimum Gasteiger partial charge on any atom is -0.451 e. The first-order valence-electron chi connectivity index (χ1n) is 7.29. The van der Waals surface area contributed by atoms with E-state index in [9.17, 15) is 24.5 Å². The highest BCUT2D eigenvalue weighted by atomic mass is 16.6. The Kier molecular flexibility index (Phi) is 6.84. The lowest BCUT2D eigenvalue weighted by atomic mass is 10.2. The van der Waals surface area contributed by atoms with Crippen molar-refractivity contribution in [1.29, 1.82) is 0 Å². The molecule has 24 heavy (non-hydrogen) atoms. The monoisotopic (exact) mass is 337 g/mol. The smallest absolute Gasteiger partial charge is 0.329 e. The lowest BCUT2D eigenvalue weighted by Gasteiger charge is -2.17. The molecule has 0 saturated heterocycles. The molecule has 0 aliphatic heterocycles. The third-order valence-corrected chi connectivity index (χ3v) is 3.03. The number of nitrogens with zero attached hydrogens (tertiary/aromatic N) is 1. The van der Waals surface area contributed by atoms with Gasteiger partial charge < -0.3 is 15.4 Å². The van der Waals surface area contributed by atoms with Crippen LogP contribution in [0.2, 0.25) is 0 Å². The predicted molar refractivity (Wildman–Crippen MR) is 84.3 cm³/mol. The van der Waals surface area contributed by atoms with E-state index in [0.717, 1.165) is 6.07 Å². The fourth-order valence-corrected chi connectivity index (χ4v) is 1.75. The van der Waals surface area contributed by atoms with E-state index in [-0.39, 0.29) is 11.3 Å². The number of non-ortho nitro benzene ring substituents is 1. The van der Waals surface area contributed by atoms with Crippen LogP contribution >= 0.6 is 0 Å². The summed E-state index contributed by atoms with van der Waals surface area (Å²) in [5.41, 5.74) is -0.191. The summed E-state index contributed by atoms with van der Waals surface area (Å²) in [6.45, 7) is 4.94. The molecule has 0 aromatic heterocycles. The van der Waals surface area contributed by atoms with Gasteiger partial charge in [-0.25, -0.2) is 4.79 Å². The predicted octanol–water partition coefficient (Wildman–Crippen LogP) is 0.781. The van der Waals surface area contributed by atoms with Crippen LogP contribution in [-0.2, 0) is 14.3 Å². The molecule has 0 radical (unpaired) electrons. The van der Waals surface area contributed by atoms with Gasteiger partial charge in [-0.1, -0.05) is 6.07 Å². The second-order valence-electron chi connectivity index (χ2n) is 4.98. The van der Waals surface area contributed by atoms with Crippen molar-refractivity contribution in [2.75, 3.05) is 6.54 Å². The van der Waals surface area contributed by atoms with E-state index in [2.05, 4.69) is 10.6 Å². The van der Waals surface area contributed by atoms with E-state index < -0.39 is 34.9 Å². The Labute approximate surface area is 138 Å². The second kappa shape index (κ2) is 8.61. The van der Waals surface area contributed by atoms with Crippen LogP contribution in [0.15, 0.2) is 24.3 Å².